The minimum atomic E-state index is -0.572. The third-order valence-corrected chi connectivity index (χ3v) is 2.39. The fraction of sp³-hybridized carbons (Fsp3) is 1.00. The summed E-state index contributed by atoms with van der Waals surface area (Å²) in [4.78, 5) is 0. The molecule has 1 N–H and O–H groups in total. The molecule has 0 spiro atoms. The van der Waals surface area contributed by atoms with Crippen LogP contribution in [-0.2, 0) is 14.2 Å². The predicted octanol–water partition coefficient (Wildman–Crippen LogP) is 0.783. The summed E-state index contributed by atoms with van der Waals surface area (Å²) in [5, 5.41) is 9.94. The lowest BCUT2D eigenvalue weighted by Crippen LogP contribution is -2.38. The molecule has 0 saturated carbocycles. The van der Waals surface area contributed by atoms with Gasteiger partial charge in [-0.2, -0.15) is 0 Å². The second kappa shape index (κ2) is 6.35. The van der Waals surface area contributed by atoms with Crippen LogP contribution >= 0.6 is 0 Å². The van der Waals surface area contributed by atoms with Crippen molar-refractivity contribution in [1.29, 1.82) is 0 Å². The number of rotatable bonds is 6. The molecule has 0 bridgehead atoms. The smallest absolute Gasteiger partial charge is 0.183 e. The highest BCUT2D eigenvalue weighted by Gasteiger charge is 2.31. The molecule has 1 saturated heterocycles. The van der Waals surface area contributed by atoms with E-state index in [0.29, 0.717) is 19.8 Å². The van der Waals surface area contributed by atoms with Gasteiger partial charge in [-0.05, 0) is 20.3 Å². The minimum Gasteiger partial charge on any atom is -0.387 e. The monoisotopic (exact) mass is 204 g/mol. The fourth-order valence-corrected chi connectivity index (χ4v) is 1.62. The maximum absolute atomic E-state index is 9.94. The Morgan fingerprint density at radius 1 is 1.36 bits per heavy atom. The first kappa shape index (κ1) is 11.9. The zero-order valence-corrected chi connectivity index (χ0v) is 8.94. The Balaban J connectivity index is 2.39. The van der Waals surface area contributed by atoms with Crippen molar-refractivity contribution in [2.75, 3.05) is 26.4 Å². The molecule has 1 fully saturated rings. The molecule has 4 nitrogen and oxygen atoms in total. The lowest BCUT2D eigenvalue weighted by atomic mass is 10.0. The van der Waals surface area contributed by atoms with Crippen molar-refractivity contribution in [3.05, 3.63) is 0 Å². The Morgan fingerprint density at radius 3 is 2.43 bits per heavy atom. The van der Waals surface area contributed by atoms with Gasteiger partial charge in [0.25, 0.3) is 0 Å². The Morgan fingerprint density at radius 2 is 2.00 bits per heavy atom. The summed E-state index contributed by atoms with van der Waals surface area (Å²) >= 11 is 0. The van der Waals surface area contributed by atoms with Gasteiger partial charge >= 0.3 is 0 Å². The molecule has 1 rings (SSSR count). The molecule has 14 heavy (non-hydrogen) atoms. The molecule has 0 aromatic rings. The van der Waals surface area contributed by atoms with Crippen LogP contribution in [0.15, 0.2) is 0 Å². The molecular formula is C10H20O4. The van der Waals surface area contributed by atoms with Crippen LogP contribution < -0.4 is 0 Å². The van der Waals surface area contributed by atoms with Gasteiger partial charge in [-0.1, -0.05) is 0 Å². The van der Waals surface area contributed by atoms with Crippen LogP contribution in [-0.4, -0.2) is 43.9 Å². The molecule has 84 valence electrons. The van der Waals surface area contributed by atoms with Gasteiger partial charge < -0.3 is 19.3 Å². The van der Waals surface area contributed by atoms with Crippen molar-refractivity contribution in [1.82, 2.24) is 0 Å². The van der Waals surface area contributed by atoms with Crippen molar-refractivity contribution >= 4 is 0 Å². The van der Waals surface area contributed by atoms with Crippen LogP contribution in [0.1, 0.15) is 20.3 Å². The SMILES string of the molecule is CCOC(OCC)C(O)C1CCOC1. The van der Waals surface area contributed by atoms with Crippen LogP contribution in [0.4, 0.5) is 0 Å². The molecule has 1 heterocycles. The number of aliphatic hydroxyl groups is 1. The van der Waals surface area contributed by atoms with Gasteiger partial charge in [-0.15, -0.1) is 0 Å². The molecule has 0 radical (unpaired) electrons. The van der Waals surface area contributed by atoms with E-state index in [9.17, 15) is 5.11 Å². The summed E-state index contributed by atoms with van der Waals surface area (Å²) < 4.78 is 15.9. The van der Waals surface area contributed by atoms with Gasteiger partial charge in [0.15, 0.2) is 6.29 Å². The minimum absolute atomic E-state index is 0.151. The van der Waals surface area contributed by atoms with E-state index in [1.807, 2.05) is 13.8 Å². The summed E-state index contributed by atoms with van der Waals surface area (Å²) in [5.41, 5.74) is 0. The summed E-state index contributed by atoms with van der Waals surface area (Å²) in [6.45, 7) is 6.23. The van der Waals surface area contributed by atoms with Crippen molar-refractivity contribution in [3.63, 3.8) is 0 Å². The Bertz CT molecular complexity index is 139. The van der Waals surface area contributed by atoms with Crippen LogP contribution in [0.5, 0.6) is 0 Å². The van der Waals surface area contributed by atoms with Crippen molar-refractivity contribution in [2.24, 2.45) is 5.92 Å². The number of hydrogen-bond acceptors (Lipinski definition) is 4. The quantitative estimate of drug-likeness (QED) is 0.650. The van der Waals surface area contributed by atoms with Crippen LogP contribution in [0, 0.1) is 5.92 Å². The largest absolute Gasteiger partial charge is 0.387 e. The molecule has 0 aliphatic carbocycles. The Hall–Kier alpha value is -0.160. The number of ether oxygens (including phenoxy) is 3. The molecule has 0 aromatic heterocycles. The van der Waals surface area contributed by atoms with E-state index in [2.05, 4.69) is 0 Å². The standard InChI is InChI=1S/C10H20O4/c1-3-13-10(14-4-2)9(11)8-5-6-12-7-8/h8-11H,3-7H2,1-2H3. The first-order chi connectivity index (χ1) is 6.79. The van der Waals surface area contributed by atoms with Gasteiger partial charge in [0.1, 0.15) is 6.10 Å². The zero-order chi connectivity index (χ0) is 10.4. The average Bonchev–Trinajstić information content (AvgIpc) is 2.69. The first-order valence-corrected chi connectivity index (χ1v) is 5.28. The number of aliphatic hydroxyl groups excluding tert-OH is 1. The van der Waals surface area contributed by atoms with Gasteiger partial charge in [-0.3, -0.25) is 0 Å². The normalized spacial score (nSPS) is 24.4. The van der Waals surface area contributed by atoms with Crippen LogP contribution in [0.3, 0.4) is 0 Å². The maximum Gasteiger partial charge on any atom is 0.183 e. The van der Waals surface area contributed by atoms with Crippen LogP contribution in [0.2, 0.25) is 0 Å². The molecule has 1 aliphatic rings. The molecule has 4 heteroatoms. The van der Waals surface area contributed by atoms with E-state index in [-0.39, 0.29) is 5.92 Å². The maximum atomic E-state index is 9.94. The van der Waals surface area contributed by atoms with E-state index < -0.39 is 12.4 Å². The van der Waals surface area contributed by atoms with Gasteiger partial charge in [0.05, 0.1) is 6.61 Å². The molecular weight excluding hydrogens is 184 g/mol. The number of hydrogen-bond donors (Lipinski definition) is 1. The van der Waals surface area contributed by atoms with E-state index in [1.165, 1.54) is 0 Å². The summed E-state index contributed by atoms with van der Waals surface area (Å²) in [7, 11) is 0. The van der Waals surface area contributed by atoms with Crippen molar-refractivity contribution in [3.8, 4) is 0 Å². The highest BCUT2D eigenvalue weighted by molar-refractivity contribution is 4.75. The zero-order valence-electron chi connectivity index (χ0n) is 8.94. The topological polar surface area (TPSA) is 47.9 Å². The second-order valence-electron chi connectivity index (χ2n) is 3.39. The average molecular weight is 204 g/mol. The summed E-state index contributed by atoms with van der Waals surface area (Å²) in [5.74, 6) is 0.151. The fourth-order valence-electron chi connectivity index (χ4n) is 1.62. The molecule has 2 unspecified atom stereocenters. The predicted molar refractivity (Wildman–Crippen MR) is 52.0 cm³/mol. The van der Waals surface area contributed by atoms with Gasteiger partial charge in [-0.25, -0.2) is 0 Å². The lowest BCUT2D eigenvalue weighted by Gasteiger charge is -2.25. The van der Waals surface area contributed by atoms with Gasteiger partial charge in [0, 0.05) is 25.7 Å². The lowest BCUT2D eigenvalue weighted by molar-refractivity contribution is -0.201. The van der Waals surface area contributed by atoms with E-state index in [4.69, 9.17) is 14.2 Å². The first-order valence-electron chi connectivity index (χ1n) is 5.28. The van der Waals surface area contributed by atoms with E-state index >= 15 is 0 Å². The summed E-state index contributed by atoms with van der Waals surface area (Å²) in [6.07, 6.45) is -0.188. The second-order valence-corrected chi connectivity index (χ2v) is 3.39. The van der Waals surface area contributed by atoms with E-state index in [0.717, 1.165) is 13.0 Å². The molecule has 1 aliphatic heterocycles. The van der Waals surface area contributed by atoms with Crippen molar-refractivity contribution in [2.45, 2.75) is 32.7 Å². The van der Waals surface area contributed by atoms with E-state index in [1.54, 1.807) is 0 Å². The Kier molecular flexibility index (Phi) is 5.40. The third-order valence-electron chi connectivity index (χ3n) is 2.39. The molecule has 0 amide bonds. The van der Waals surface area contributed by atoms with Gasteiger partial charge in [0.2, 0.25) is 0 Å². The van der Waals surface area contributed by atoms with Crippen LogP contribution in [0.25, 0.3) is 0 Å². The summed E-state index contributed by atoms with van der Waals surface area (Å²) in [6, 6.07) is 0. The highest BCUT2D eigenvalue weighted by Crippen LogP contribution is 2.20. The molecule has 0 aromatic carbocycles. The Labute approximate surface area is 85.2 Å². The highest BCUT2D eigenvalue weighted by atomic mass is 16.7. The molecule has 2 atom stereocenters. The third kappa shape index (κ3) is 3.20. The van der Waals surface area contributed by atoms with Crippen molar-refractivity contribution < 1.29 is 19.3 Å².